The van der Waals surface area contributed by atoms with E-state index in [0.717, 1.165) is 16.7 Å². The summed E-state index contributed by atoms with van der Waals surface area (Å²) in [6, 6.07) is 22.9. The van der Waals surface area contributed by atoms with E-state index in [9.17, 15) is 18.0 Å². The van der Waals surface area contributed by atoms with Crippen LogP contribution in [0.25, 0.3) is 0 Å². The van der Waals surface area contributed by atoms with Gasteiger partial charge in [0.1, 0.15) is 12.6 Å². The molecule has 0 saturated heterocycles. The molecule has 208 valence electrons. The summed E-state index contributed by atoms with van der Waals surface area (Å²) in [4.78, 5) is 28.7. The Labute approximate surface area is 232 Å². The van der Waals surface area contributed by atoms with Crippen molar-refractivity contribution in [3.05, 3.63) is 95.6 Å². The molecule has 7 nitrogen and oxygen atoms in total. The maximum Gasteiger partial charge on any atom is 0.264 e. The molecule has 0 spiro atoms. The van der Waals surface area contributed by atoms with Gasteiger partial charge in [-0.25, -0.2) is 8.42 Å². The number of nitrogens with one attached hydrogen (secondary N) is 1. The van der Waals surface area contributed by atoms with Gasteiger partial charge < -0.3 is 10.2 Å². The van der Waals surface area contributed by atoms with Crippen LogP contribution in [0.2, 0.25) is 0 Å². The fourth-order valence-electron chi connectivity index (χ4n) is 4.59. The highest BCUT2D eigenvalue weighted by Gasteiger charge is 2.33. The van der Waals surface area contributed by atoms with E-state index in [0.29, 0.717) is 31.5 Å². The number of carbonyl (C=O) groups is 2. The van der Waals surface area contributed by atoms with Crippen molar-refractivity contribution in [2.45, 2.75) is 57.9 Å². The first kappa shape index (κ1) is 29.9. The van der Waals surface area contributed by atoms with Crippen LogP contribution in [0.5, 0.6) is 0 Å². The van der Waals surface area contributed by atoms with Crippen molar-refractivity contribution in [1.29, 1.82) is 0 Å². The summed E-state index contributed by atoms with van der Waals surface area (Å²) in [6.07, 6.45) is 1.54. The zero-order valence-electron chi connectivity index (χ0n) is 23.3. The summed E-state index contributed by atoms with van der Waals surface area (Å²) in [6.45, 7) is 7.83. The molecule has 0 aliphatic heterocycles. The number of anilines is 1. The van der Waals surface area contributed by atoms with Crippen LogP contribution in [0.4, 0.5) is 5.69 Å². The van der Waals surface area contributed by atoms with Crippen LogP contribution in [0.3, 0.4) is 0 Å². The minimum absolute atomic E-state index is 0.110. The van der Waals surface area contributed by atoms with Gasteiger partial charge in [0.2, 0.25) is 11.8 Å². The normalized spacial score (nSPS) is 12.0. The molecule has 0 aliphatic rings. The Morgan fingerprint density at radius 2 is 1.51 bits per heavy atom. The Morgan fingerprint density at radius 1 is 0.872 bits per heavy atom. The molecule has 0 heterocycles. The number of carbonyl (C=O) groups excluding carboxylic acids is 2. The van der Waals surface area contributed by atoms with Gasteiger partial charge in [0.05, 0.1) is 10.6 Å². The summed E-state index contributed by atoms with van der Waals surface area (Å²) < 4.78 is 29.2. The first-order valence-electron chi connectivity index (χ1n) is 13.5. The van der Waals surface area contributed by atoms with Gasteiger partial charge in [0.15, 0.2) is 0 Å². The SMILES string of the molecule is CCNC(=O)[C@H](CC)N(CCc1ccccc1)C(=O)CN(c1ccccc1CC)S(=O)(=O)c1ccc(C)cc1. The molecule has 3 aromatic carbocycles. The highest BCUT2D eigenvalue weighted by Crippen LogP contribution is 2.28. The van der Waals surface area contributed by atoms with Crippen molar-refractivity contribution in [2.24, 2.45) is 0 Å². The first-order chi connectivity index (χ1) is 18.7. The van der Waals surface area contributed by atoms with Crippen molar-refractivity contribution < 1.29 is 18.0 Å². The van der Waals surface area contributed by atoms with Crippen molar-refractivity contribution in [2.75, 3.05) is 23.9 Å². The van der Waals surface area contributed by atoms with E-state index in [2.05, 4.69) is 5.32 Å². The minimum atomic E-state index is -4.08. The van der Waals surface area contributed by atoms with Crippen LogP contribution < -0.4 is 9.62 Å². The quantitative estimate of drug-likeness (QED) is 0.334. The number of benzene rings is 3. The van der Waals surface area contributed by atoms with Gasteiger partial charge in [-0.15, -0.1) is 0 Å². The average molecular weight is 550 g/mol. The van der Waals surface area contributed by atoms with Crippen molar-refractivity contribution >= 4 is 27.5 Å². The number of amides is 2. The molecular weight excluding hydrogens is 510 g/mol. The Morgan fingerprint density at radius 3 is 2.13 bits per heavy atom. The highest BCUT2D eigenvalue weighted by molar-refractivity contribution is 7.92. The fourth-order valence-corrected chi connectivity index (χ4v) is 6.04. The van der Waals surface area contributed by atoms with E-state index in [1.165, 1.54) is 9.21 Å². The lowest BCUT2D eigenvalue weighted by atomic mass is 10.1. The van der Waals surface area contributed by atoms with Crippen molar-refractivity contribution in [1.82, 2.24) is 10.2 Å². The third-order valence-corrected chi connectivity index (χ3v) is 8.52. The molecule has 1 atom stereocenters. The van der Waals surface area contributed by atoms with Gasteiger partial charge in [-0.2, -0.15) is 0 Å². The maximum atomic E-state index is 14.0. The Hall–Kier alpha value is -3.65. The maximum absolute atomic E-state index is 14.0. The van der Waals surface area contributed by atoms with E-state index < -0.39 is 28.5 Å². The predicted molar refractivity (Wildman–Crippen MR) is 156 cm³/mol. The number of sulfonamides is 1. The number of likely N-dealkylation sites (N-methyl/N-ethyl adjacent to an activating group) is 1. The lowest BCUT2D eigenvalue weighted by molar-refractivity contribution is -0.139. The van der Waals surface area contributed by atoms with Gasteiger partial charge in [-0.05, 0) is 62.4 Å². The van der Waals surface area contributed by atoms with Crippen molar-refractivity contribution in [3.8, 4) is 0 Å². The number of nitrogens with zero attached hydrogens (tertiary/aromatic N) is 2. The molecule has 0 unspecified atom stereocenters. The molecule has 39 heavy (non-hydrogen) atoms. The molecule has 0 saturated carbocycles. The molecule has 0 fully saturated rings. The molecule has 0 aliphatic carbocycles. The van der Waals surface area contributed by atoms with Crippen LogP contribution in [-0.4, -0.2) is 50.8 Å². The van der Waals surface area contributed by atoms with Gasteiger partial charge in [-0.3, -0.25) is 13.9 Å². The molecular formula is C31H39N3O4S. The number of aryl methyl sites for hydroxylation is 2. The standard InChI is InChI=1S/C31H39N3O4S/c1-5-26-15-11-12-16-29(26)34(39(37,38)27-19-17-24(4)18-20-27)23-30(35)33(28(6-2)31(36)32-7-3)22-21-25-13-9-8-10-14-25/h8-20,28H,5-7,21-23H2,1-4H3,(H,32,36)/t28-/m0/s1. The summed E-state index contributed by atoms with van der Waals surface area (Å²) in [5.41, 5.74) is 3.24. The number of rotatable bonds is 13. The third kappa shape index (κ3) is 7.47. The van der Waals surface area contributed by atoms with Gasteiger partial charge >= 0.3 is 0 Å². The highest BCUT2D eigenvalue weighted by atomic mass is 32.2. The second-order valence-corrected chi connectivity index (χ2v) is 11.3. The van der Waals surface area contributed by atoms with E-state index in [-0.39, 0.29) is 17.3 Å². The van der Waals surface area contributed by atoms with Gasteiger partial charge in [-0.1, -0.05) is 80.1 Å². The second kappa shape index (κ2) is 13.9. The van der Waals surface area contributed by atoms with Gasteiger partial charge in [0, 0.05) is 13.1 Å². The summed E-state index contributed by atoms with van der Waals surface area (Å²) in [5, 5.41) is 2.83. The second-order valence-electron chi connectivity index (χ2n) is 9.45. The number of para-hydroxylation sites is 1. The molecule has 1 N–H and O–H groups in total. The molecule has 3 rings (SSSR count). The lowest BCUT2D eigenvalue weighted by Gasteiger charge is -2.33. The third-order valence-electron chi connectivity index (χ3n) is 6.75. The van der Waals surface area contributed by atoms with E-state index >= 15 is 0 Å². The van der Waals surface area contributed by atoms with Gasteiger partial charge in [0.25, 0.3) is 10.0 Å². The summed E-state index contributed by atoms with van der Waals surface area (Å²) in [5.74, 6) is -0.672. The van der Waals surface area contributed by atoms with Crippen LogP contribution in [-0.2, 0) is 32.5 Å². The number of hydrogen-bond donors (Lipinski definition) is 1. The van der Waals surface area contributed by atoms with Crippen LogP contribution in [0.15, 0.2) is 83.8 Å². The van der Waals surface area contributed by atoms with E-state index in [1.807, 2.05) is 70.2 Å². The van der Waals surface area contributed by atoms with Crippen molar-refractivity contribution in [3.63, 3.8) is 0 Å². The largest absolute Gasteiger partial charge is 0.355 e. The Bertz CT molecular complexity index is 1340. The average Bonchev–Trinajstić information content (AvgIpc) is 2.94. The smallest absolute Gasteiger partial charge is 0.264 e. The Kier molecular flexibility index (Phi) is 10.7. The number of hydrogen-bond acceptors (Lipinski definition) is 4. The molecule has 0 bridgehead atoms. The zero-order valence-corrected chi connectivity index (χ0v) is 24.1. The molecule has 3 aromatic rings. The lowest BCUT2D eigenvalue weighted by Crippen LogP contribution is -2.53. The summed E-state index contributed by atoms with van der Waals surface area (Å²) >= 11 is 0. The molecule has 0 radical (unpaired) electrons. The predicted octanol–water partition coefficient (Wildman–Crippen LogP) is 4.74. The fraction of sp³-hybridized carbons (Fsp3) is 0.355. The van der Waals surface area contributed by atoms with E-state index in [4.69, 9.17) is 0 Å². The first-order valence-corrected chi connectivity index (χ1v) is 14.9. The monoisotopic (exact) mass is 549 g/mol. The topological polar surface area (TPSA) is 86.8 Å². The molecule has 0 aromatic heterocycles. The molecule has 2 amide bonds. The van der Waals surface area contributed by atoms with E-state index in [1.54, 1.807) is 36.4 Å². The van der Waals surface area contributed by atoms with Crippen LogP contribution in [0.1, 0.15) is 43.9 Å². The summed E-state index contributed by atoms with van der Waals surface area (Å²) in [7, 11) is -4.08. The zero-order chi connectivity index (χ0) is 28.4. The van der Waals surface area contributed by atoms with Crippen LogP contribution >= 0.6 is 0 Å². The Balaban J connectivity index is 2.04. The minimum Gasteiger partial charge on any atom is -0.355 e. The van der Waals surface area contributed by atoms with Crippen LogP contribution in [0, 0.1) is 6.92 Å². The molecule has 8 heteroatoms.